The van der Waals surface area contributed by atoms with E-state index >= 15 is 0 Å². The van der Waals surface area contributed by atoms with E-state index in [2.05, 4.69) is 11.5 Å². The van der Waals surface area contributed by atoms with Crippen molar-refractivity contribution in [3.8, 4) is 0 Å². The van der Waals surface area contributed by atoms with Crippen molar-refractivity contribution in [2.45, 2.75) is 31.4 Å². The molecule has 1 saturated carbocycles. The fraction of sp³-hybridized carbons (Fsp3) is 1.00. The van der Waals surface area contributed by atoms with Crippen LogP contribution < -0.4 is 0 Å². The van der Waals surface area contributed by atoms with Crippen LogP contribution >= 0.6 is 11.9 Å². The summed E-state index contributed by atoms with van der Waals surface area (Å²) in [6, 6.07) is 0. The Morgan fingerprint density at radius 2 is 2.33 bits per heavy atom. The summed E-state index contributed by atoms with van der Waals surface area (Å²) in [5.74, 6) is 0.809. The Balaban J connectivity index is 2.21. The molecule has 2 atom stereocenters. The van der Waals surface area contributed by atoms with E-state index in [9.17, 15) is 4.91 Å². The molecule has 52 valence electrons. The molecule has 3 heteroatoms. The second kappa shape index (κ2) is 3.20. The first-order valence-electron chi connectivity index (χ1n) is 3.31. The lowest BCUT2D eigenvalue weighted by Gasteiger charge is -1.99. The molecule has 1 rings (SSSR count). The van der Waals surface area contributed by atoms with E-state index < -0.39 is 0 Å². The van der Waals surface area contributed by atoms with Crippen molar-refractivity contribution in [3.05, 3.63) is 4.91 Å². The molecule has 0 spiro atoms. The zero-order chi connectivity index (χ0) is 6.69. The van der Waals surface area contributed by atoms with Crippen molar-refractivity contribution in [1.29, 1.82) is 0 Å². The van der Waals surface area contributed by atoms with Crippen LogP contribution in [0.25, 0.3) is 0 Å². The Kier molecular flexibility index (Phi) is 2.51. The standard InChI is InChI=1S/C6H11NOS/c1-5-2-3-6(4-5)9-7-8/h5-6H,2-4H2,1H3. The Bertz CT molecular complexity index is 107. The minimum absolute atomic E-state index is 0.525. The van der Waals surface area contributed by atoms with E-state index in [1.165, 1.54) is 31.2 Å². The van der Waals surface area contributed by atoms with E-state index in [1.807, 2.05) is 0 Å². The lowest BCUT2D eigenvalue weighted by atomic mass is 10.1. The molecule has 0 heterocycles. The molecule has 0 radical (unpaired) electrons. The number of nitrogens with zero attached hydrogens (tertiary/aromatic N) is 1. The monoisotopic (exact) mass is 145 g/mol. The van der Waals surface area contributed by atoms with Crippen LogP contribution in [0, 0.1) is 10.8 Å². The average Bonchev–Trinajstić information content (AvgIpc) is 2.17. The smallest absolute Gasteiger partial charge is 0.0303 e. The van der Waals surface area contributed by atoms with E-state index in [-0.39, 0.29) is 0 Å². The first-order chi connectivity index (χ1) is 4.33. The largest absolute Gasteiger partial charge is 0.137 e. The van der Waals surface area contributed by atoms with Crippen molar-refractivity contribution < 1.29 is 0 Å². The molecule has 1 aliphatic rings. The molecule has 0 aromatic rings. The third kappa shape index (κ3) is 1.97. The van der Waals surface area contributed by atoms with Gasteiger partial charge in [0.05, 0.1) is 0 Å². The zero-order valence-electron chi connectivity index (χ0n) is 5.54. The minimum atomic E-state index is 0.525. The lowest BCUT2D eigenvalue weighted by molar-refractivity contribution is 0.613. The fourth-order valence-corrected chi connectivity index (χ4v) is 2.09. The van der Waals surface area contributed by atoms with Crippen molar-refractivity contribution in [2.24, 2.45) is 10.5 Å². The van der Waals surface area contributed by atoms with Crippen molar-refractivity contribution in [1.82, 2.24) is 0 Å². The third-order valence-electron chi connectivity index (χ3n) is 1.84. The molecule has 0 aromatic heterocycles. The quantitative estimate of drug-likeness (QED) is 0.441. The Hall–Kier alpha value is -0.0500. The maximum atomic E-state index is 9.78. The summed E-state index contributed by atoms with van der Waals surface area (Å²) in [7, 11) is 0. The molecular weight excluding hydrogens is 134 g/mol. The van der Waals surface area contributed by atoms with Gasteiger partial charge in [-0.2, -0.15) is 0 Å². The SMILES string of the molecule is CC1CCC(SN=O)C1. The molecule has 2 unspecified atom stereocenters. The molecule has 2 nitrogen and oxygen atoms in total. The minimum Gasteiger partial charge on any atom is -0.137 e. The van der Waals surface area contributed by atoms with Crippen molar-refractivity contribution >= 4 is 11.9 Å². The lowest BCUT2D eigenvalue weighted by Crippen LogP contribution is -1.92. The van der Waals surface area contributed by atoms with Crippen LogP contribution in [0.5, 0.6) is 0 Å². The summed E-state index contributed by atoms with van der Waals surface area (Å²) in [6.45, 7) is 2.23. The summed E-state index contributed by atoms with van der Waals surface area (Å²) < 4.78 is 2.82. The van der Waals surface area contributed by atoms with Crippen LogP contribution in [0.3, 0.4) is 0 Å². The second-order valence-corrected chi connectivity index (χ2v) is 3.75. The van der Waals surface area contributed by atoms with Gasteiger partial charge in [-0.25, -0.2) is 0 Å². The van der Waals surface area contributed by atoms with E-state index in [4.69, 9.17) is 0 Å². The van der Waals surface area contributed by atoms with Crippen LogP contribution in [-0.4, -0.2) is 5.25 Å². The Labute approximate surface area is 59.5 Å². The summed E-state index contributed by atoms with van der Waals surface area (Å²) in [5.41, 5.74) is 0. The van der Waals surface area contributed by atoms with Gasteiger partial charge in [0.1, 0.15) is 0 Å². The summed E-state index contributed by atoms with van der Waals surface area (Å²) >= 11 is 1.21. The van der Waals surface area contributed by atoms with Gasteiger partial charge in [-0.1, -0.05) is 6.92 Å². The van der Waals surface area contributed by atoms with Gasteiger partial charge in [-0.05, 0) is 25.2 Å². The Morgan fingerprint density at radius 3 is 2.78 bits per heavy atom. The fourth-order valence-electron chi connectivity index (χ4n) is 1.31. The first-order valence-corrected chi connectivity index (χ1v) is 4.15. The highest BCUT2D eigenvalue weighted by atomic mass is 32.2. The number of hydrogen-bond acceptors (Lipinski definition) is 3. The average molecular weight is 145 g/mol. The maximum Gasteiger partial charge on any atom is 0.0303 e. The van der Waals surface area contributed by atoms with Crippen molar-refractivity contribution in [3.63, 3.8) is 0 Å². The van der Waals surface area contributed by atoms with E-state index in [0.29, 0.717) is 5.25 Å². The predicted octanol–water partition coefficient (Wildman–Crippen LogP) is 2.59. The molecule has 0 amide bonds. The topological polar surface area (TPSA) is 29.4 Å². The second-order valence-electron chi connectivity index (χ2n) is 2.72. The van der Waals surface area contributed by atoms with E-state index in [0.717, 1.165) is 5.92 Å². The Morgan fingerprint density at radius 1 is 1.56 bits per heavy atom. The molecule has 9 heavy (non-hydrogen) atoms. The molecule has 0 bridgehead atoms. The molecule has 0 aromatic carbocycles. The predicted molar refractivity (Wildman–Crippen MR) is 40.2 cm³/mol. The zero-order valence-corrected chi connectivity index (χ0v) is 6.36. The third-order valence-corrected chi connectivity index (χ3v) is 2.65. The van der Waals surface area contributed by atoms with Crippen molar-refractivity contribution in [2.75, 3.05) is 0 Å². The van der Waals surface area contributed by atoms with Crippen LogP contribution in [-0.2, 0) is 0 Å². The number of rotatable bonds is 2. The van der Waals surface area contributed by atoms with Gasteiger partial charge >= 0.3 is 0 Å². The first kappa shape index (κ1) is 7.06. The van der Waals surface area contributed by atoms with Gasteiger partial charge in [-0.15, -0.1) is 4.91 Å². The van der Waals surface area contributed by atoms with Crippen LogP contribution in [0.2, 0.25) is 0 Å². The van der Waals surface area contributed by atoms with Crippen LogP contribution in [0.1, 0.15) is 26.2 Å². The maximum absolute atomic E-state index is 9.78. The highest BCUT2D eigenvalue weighted by molar-refractivity contribution is 7.98. The molecular formula is C6H11NOS. The summed E-state index contributed by atoms with van der Waals surface area (Å²) in [4.78, 5) is 9.78. The highest BCUT2D eigenvalue weighted by Crippen LogP contribution is 2.33. The number of nitroso groups, excluding NO2 is 1. The normalized spacial score (nSPS) is 34.8. The van der Waals surface area contributed by atoms with Crippen LogP contribution in [0.15, 0.2) is 4.58 Å². The summed E-state index contributed by atoms with van der Waals surface area (Å²) in [5, 5.41) is 0.525. The molecule has 0 saturated heterocycles. The molecule has 1 fully saturated rings. The van der Waals surface area contributed by atoms with Gasteiger partial charge in [-0.3, -0.25) is 0 Å². The van der Waals surface area contributed by atoms with E-state index in [1.54, 1.807) is 0 Å². The van der Waals surface area contributed by atoms with Gasteiger partial charge in [0, 0.05) is 21.8 Å². The van der Waals surface area contributed by atoms with Crippen LogP contribution in [0.4, 0.5) is 0 Å². The van der Waals surface area contributed by atoms with Gasteiger partial charge in [0.25, 0.3) is 0 Å². The van der Waals surface area contributed by atoms with Gasteiger partial charge in [0.15, 0.2) is 0 Å². The molecule has 0 aliphatic heterocycles. The summed E-state index contributed by atoms with van der Waals surface area (Å²) in [6.07, 6.45) is 3.63. The van der Waals surface area contributed by atoms with Gasteiger partial charge in [0.2, 0.25) is 0 Å². The number of hydrogen-bond donors (Lipinski definition) is 0. The molecule has 0 N–H and O–H groups in total. The highest BCUT2D eigenvalue weighted by Gasteiger charge is 2.21. The molecule has 1 aliphatic carbocycles. The van der Waals surface area contributed by atoms with Gasteiger partial charge < -0.3 is 0 Å².